The Kier molecular flexibility index (Phi) is 4.13. The van der Waals surface area contributed by atoms with Gasteiger partial charge in [0.05, 0.1) is 11.7 Å². The number of aromatic nitrogens is 2. The molecule has 1 aliphatic heterocycles. The lowest BCUT2D eigenvalue weighted by Crippen LogP contribution is -2.25. The topological polar surface area (TPSA) is 38.3 Å². The standard InChI is InChI=1S/C12H15N3OS/c1-3-4-8-16-12-11(13-17-14-12)10-6-5-7-15(2)9-10/h1,6H,4-5,7-9H2,2H3. The minimum Gasteiger partial charge on any atom is -0.474 e. The number of terminal acetylenes is 1. The molecule has 0 radical (unpaired) electrons. The van der Waals surface area contributed by atoms with Crippen molar-refractivity contribution in [3.8, 4) is 18.2 Å². The van der Waals surface area contributed by atoms with E-state index in [0.717, 1.165) is 25.2 Å². The number of ether oxygens (including phenoxy) is 1. The first-order valence-corrected chi connectivity index (χ1v) is 6.31. The molecule has 90 valence electrons. The van der Waals surface area contributed by atoms with Gasteiger partial charge in [0.15, 0.2) is 0 Å². The number of rotatable bonds is 4. The maximum absolute atomic E-state index is 5.54. The molecule has 1 aromatic rings. The van der Waals surface area contributed by atoms with Crippen LogP contribution in [-0.4, -0.2) is 40.4 Å². The average Bonchev–Trinajstić information content (AvgIpc) is 2.78. The third-order valence-corrected chi connectivity index (χ3v) is 3.10. The van der Waals surface area contributed by atoms with Gasteiger partial charge in [-0.15, -0.1) is 16.7 Å². The number of likely N-dealkylation sites (N-methyl/N-ethyl adjacent to an activating group) is 1. The van der Waals surface area contributed by atoms with Crippen molar-refractivity contribution >= 4 is 17.3 Å². The molecule has 0 bridgehead atoms. The molecule has 0 fully saturated rings. The van der Waals surface area contributed by atoms with Crippen molar-refractivity contribution in [3.05, 3.63) is 11.8 Å². The first-order chi connectivity index (χ1) is 8.31. The van der Waals surface area contributed by atoms with Crippen LogP contribution in [0.1, 0.15) is 18.5 Å². The van der Waals surface area contributed by atoms with Gasteiger partial charge in [-0.1, -0.05) is 6.08 Å². The molecule has 2 heterocycles. The predicted molar refractivity (Wildman–Crippen MR) is 68.9 cm³/mol. The zero-order chi connectivity index (χ0) is 12.1. The Hall–Kier alpha value is -1.38. The lowest BCUT2D eigenvalue weighted by Gasteiger charge is -2.22. The summed E-state index contributed by atoms with van der Waals surface area (Å²) >= 11 is 1.18. The van der Waals surface area contributed by atoms with Crippen LogP contribution in [-0.2, 0) is 0 Å². The van der Waals surface area contributed by atoms with Gasteiger partial charge in [-0.2, -0.15) is 4.37 Å². The molecular formula is C12H15N3OS. The van der Waals surface area contributed by atoms with E-state index in [-0.39, 0.29) is 0 Å². The van der Waals surface area contributed by atoms with Gasteiger partial charge >= 0.3 is 0 Å². The van der Waals surface area contributed by atoms with Crippen LogP contribution in [0.15, 0.2) is 6.08 Å². The summed E-state index contributed by atoms with van der Waals surface area (Å²) in [5.41, 5.74) is 2.07. The second-order valence-corrected chi connectivity index (χ2v) is 4.50. The van der Waals surface area contributed by atoms with E-state index in [1.165, 1.54) is 17.3 Å². The molecule has 0 atom stereocenters. The SMILES string of the molecule is C#CCCOc1nsnc1C1=CCCN(C)C1. The molecule has 1 aromatic heterocycles. The number of nitrogens with zero attached hydrogens (tertiary/aromatic N) is 3. The van der Waals surface area contributed by atoms with E-state index >= 15 is 0 Å². The van der Waals surface area contributed by atoms with E-state index in [9.17, 15) is 0 Å². The highest BCUT2D eigenvalue weighted by molar-refractivity contribution is 6.99. The quantitative estimate of drug-likeness (QED) is 0.601. The molecule has 4 nitrogen and oxygen atoms in total. The Morgan fingerprint density at radius 1 is 1.59 bits per heavy atom. The second-order valence-electron chi connectivity index (χ2n) is 3.98. The van der Waals surface area contributed by atoms with Gasteiger partial charge in [-0.05, 0) is 19.0 Å². The zero-order valence-electron chi connectivity index (χ0n) is 9.85. The van der Waals surface area contributed by atoms with Gasteiger partial charge in [0, 0.05) is 19.5 Å². The molecule has 5 heteroatoms. The average molecular weight is 249 g/mol. The summed E-state index contributed by atoms with van der Waals surface area (Å²) in [6, 6.07) is 0. The van der Waals surface area contributed by atoms with E-state index in [4.69, 9.17) is 11.2 Å². The van der Waals surface area contributed by atoms with Crippen molar-refractivity contribution in [3.63, 3.8) is 0 Å². The van der Waals surface area contributed by atoms with Crippen molar-refractivity contribution in [1.82, 2.24) is 13.6 Å². The molecule has 0 aromatic carbocycles. The van der Waals surface area contributed by atoms with Gasteiger partial charge in [-0.25, -0.2) is 0 Å². The highest BCUT2D eigenvalue weighted by Crippen LogP contribution is 2.26. The monoisotopic (exact) mass is 249 g/mol. The van der Waals surface area contributed by atoms with E-state index in [0.29, 0.717) is 18.9 Å². The molecule has 0 N–H and O–H groups in total. The van der Waals surface area contributed by atoms with Gasteiger partial charge in [0.25, 0.3) is 5.88 Å². The minimum atomic E-state index is 0.498. The first kappa shape index (κ1) is 12.1. The molecule has 1 aliphatic rings. The van der Waals surface area contributed by atoms with Crippen LogP contribution in [0.3, 0.4) is 0 Å². The van der Waals surface area contributed by atoms with E-state index in [1.807, 2.05) is 0 Å². The van der Waals surface area contributed by atoms with E-state index < -0.39 is 0 Å². The molecule has 2 rings (SSSR count). The molecule has 17 heavy (non-hydrogen) atoms. The minimum absolute atomic E-state index is 0.498. The van der Waals surface area contributed by atoms with Crippen LogP contribution in [0.4, 0.5) is 0 Å². The molecule has 0 saturated heterocycles. The molecular weight excluding hydrogens is 234 g/mol. The van der Waals surface area contributed by atoms with E-state index in [2.05, 4.69) is 32.7 Å². The van der Waals surface area contributed by atoms with E-state index in [1.54, 1.807) is 0 Å². The fourth-order valence-corrected chi connectivity index (χ4v) is 2.27. The normalized spacial score (nSPS) is 16.4. The lowest BCUT2D eigenvalue weighted by atomic mass is 10.1. The van der Waals surface area contributed by atoms with Crippen LogP contribution < -0.4 is 4.74 Å². The lowest BCUT2D eigenvalue weighted by molar-refractivity contribution is 0.315. The van der Waals surface area contributed by atoms with Gasteiger partial charge in [0.2, 0.25) is 0 Å². The summed E-state index contributed by atoms with van der Waals surface area (Å²) in [6.07, 6.45) is 9.04. The Bertz CT molecular complexity index is 447. The fourth-order valence-electron chi connectivity index (χ4n) is 1.74. The van der Waals surface area contributed by atoms with Crippen molar-refractivity contribution in [2.45, 2.75) is 12.8 Å². The smallest absolute Gasteiger partial charge is 0.253 e. The van der Waals surface area contributed by atoms with Gasteiger partial charge in [0.1, 0.15) is 12.3 Å². The molecule has 0 unspecified atom stereocenters. The summed E-state index contributed by atoms with van der Waals surface area (Å²) in [5, 5.41) is 0. The van der Waals surface area contributed by atoms with Crippen molar-refractivity contribution in [2.75, 3.05) is 26.7 Å². The Balaban J connectivity index is 2.08. The maximum atomic E-state index is 5.54. The molecule has 0 amide bonds. The van der Waals surface area contributed by atoms with Crippen LogP contribution in [0.25, 0.3) is 5.57 Å². The first-order valence-electron chi connectivity index (χ1n) is 5.58. The zero-order valence-corrected chi connectivity index (χ0v) is 10.7. The summed E-state index contributed by atoms with van der Waals surface area (Å²) in [4.78, 5) is 2.26. The van der Waals surface area contributed by atoms with Gasteiger partial charge in [-0.3, -0.25) is 0 Å². The molecule has 0 aliphatic carbocycles. The van der Waals surface area contributed by atoms with Crippen molar-refractivity contribution in [2.24, 2.45) is 0 Å². The Labute approximate surface area is 106 Å². The molecule has 0 spiro atoms. The summed E-state index contributed by atoms with van der Waals surface area (Å²) in [5.74, 6) is 3.16. The third kappa shape index (κ3) is 3.05. The van der Waals surface area contributed by atoms with Crippen LogP contribution >= 0.6 is 11.7 Å². The van der Waals surface area contributed by atoms with Crippen LogP contribution in [0.5, 0.6) is 5.88 Å². The fraction of sp³-hybridized carbons (Fsp3) is 0.500. The Morgan fingerprint density at radius 2 is 2.47 bits per heavy atom. The Morgan fingerprint density at radius 3 is 3.24 bits per heavy atom. The van der Waals surface area contributed by atoms with Crippen LogP contribution in [0.2, 0.25) is 0 Å². The summed E-state index contributed by atoms with van der Waals surface area (Å²) in [7, 11) is 2.10. The predicted octanol–water partition coefficient (Wildman–Crippen LogP) is 1.66. The number of hydrogen-bond acceptors (Lipinski definition) is 5. The maximum Gasteiger partial charge on any atom is 0.253 e. The highest BCUT2D eigenvalue weighted by atomic mass is 32.1. The molecule has 0 saturated carbocycles. The summed E-state index contributed by atoms with van der Waals surface area (Å²) in [6.45, 7) is 2.49. The number of hydrogen-bond donors (Lipinski definition) is 0. The van der Waals surface area contributed by atoms with Crippen molar-refractivity contribution in [1.29, 1.82) is 0 Å². The van der Waals surface area contributed by atoms with Crippen molar-refractivity contribution < 1.29 is 4.74 Å². The second kappa shape index (κ2) is 5.80. The highest BCUT2D eigenvalue weighted by Gasteiger charge is 2.18. The summed E-state index contributed by atoms with van der Waals surface area (Å²) < 4.78 is 14.0. The third-order valence-electron chi connectivity index (χ3n) is 2.59. The largest absolute Gasteiger partial charge is 0.474 e. The van der Waals surface area contributed by atoms with Crippen LogP contribution in [0, 0.1) is 12.3 Å². The van der Waals surface area contributed by atoms with Gasteiger partial charge < -0.3 is 9.64 Å².